The lowest BCUT2D eigenvalue weighted by molar-refractivity contribution is -0.148. The summed E-state index contributed by atoms with van der Waals surface area (Å²) in [4.78, 5) is 219. The Balaban J connectivity index is 1.82. The number of carbonyl (C=O) groups excluding carboxylic acids is 12. The van der Waals surface area contributed by atoms with E-state index in [4.69, 9.17) is 16.6 Å². The maximum atomic E-state index is 14.7. The third-order valence-electron chi connectivity index (χ3n) is 14.5. The number of aromatic nitrogens is 2. The van der Waals surface area contributed by atoms with Crippen molar-refractivity contribution in [1.29, 1.82) is 0 Å². The van der Waals surface area contributed by atoms with Crippen LogP contribution >= 0.6 is 25.3 Å². The zero-order valence-electron chi connectivity index (χ0n) is 51.3. The molecule has 3 rings (SSSR count). The molecule has 39 heteroatoms. The summed E-state index contributed by atoms with van der Waals surface area (Å²) in [6.45, 7) is 3.58. The molecule has 0 bridgehead atoms. The van der Waals surface area contributed by atoms with E-state index in [0.29, 0.717) is 12.8 Å². The van der Waals surface area contributed by atoms with Gasteiger partial charge in [0.25, 0.3) is 0 Å². The van der Waals surface area contributed by atoms with Crippen LogP contribution in [0.15, 0.2) is 12.5 Å². The number of carbonyl (C=O) groups is 16. The molecular weight excluding hydrogens is 1270 g/mol. The molecule has 0 aliphatic carbocycles. The topological polar surface area (TPSA) is 582 Å². The highest BCUT2D eigenvalue weighted by molar-refractivity contribution is 7.80. The van der Waals surface area contributed by atoms with Gasteiger partial charge in [0, 0.05) is 42.9 Å². The molecule has 0 radical (unpaired) electrons. The number of nitrogens with two attached hydrogens (primary N) is 2. The number of hydrogen-bond donors (Lipinski definition) is 20. The minimum Gasteiger partial charge on any atom is -0.481 e. The number of nitrogens with zero attached hydrogens (tertiary/aromatic N) is 3. The van der Waals surface area contributed by atoms with Crippen LogP contribution in [0, 0.1) is 5.92 Å². The molecule has 0 unspecified atom stereocenters. The van der Waals surface area contributed by atoms with Gasteiger partial charge in [0.05, 0.1) is 50.8 Å². The first-order chi connectivity index (χ1) is 43.8. The Morgan fingerprint density at radius 2 is 1.09 bits per heavy atom. The number of rotatable bonds is 40. The number of aliphatic hydroxyl groups excluding tert-OH is 1. The third-order valence-corrected chi connectivity index (χ3v) is 15.3. The standard InChI is InChI=1S/C54H84N16O21S2/c1-25(2)14-30(48(84)68-43(26(3)71)52(88)67-35(23-93)49(85)63-32(17-41(76)77)47(83)66-34(54(90)91)18-42(78)79)64-51(87)37-10-7-13-70(37)53(89)33(15-27-19-57-24-60-27)65-46(82)31(16-40(74)75)62-45(81)29(8-4-5-11-55)61-50(86)36-9-6-12-69(36)39(73)21-58-38(72)20-59-44(80)28(56)22-92/h19,24-26,28-37,43,71,92-93H,4-18,20-23,55-56H2,1-3H3,(H,57,60)(H,58,72)(H,59,80)(H,61,86)(H,62,81)(H,63,85)(H,64,87)(H,65,82)(H,66,83)(H,67,88)(H,68,84)(H,74,75)(H,76,77)(H,78,79)(H,90,91)/t26-,28+,29+,30+,31+,32+,33+,34+,35+,36+,37+,43+/m1/s1. The molecule has 0 saturated carbocycles. The van der Waals surface area contributed by atoms with Crippen LogP contribution < -0.4 is 64.6 Å². The number of carboxylic acid groups (broad SMARTS) is 4. The van der Waals surface area contributed by atoms with Gasteiger partial charge in [0.2, 0.25) is 70.9 Å². The fraction of sp³-hybridized carbons (Fsp3) is 0.648. The predicted molar refractivity (Wildman–Crippen MR) is 327 cm³/mol. The van der Waals surface area contributed by atoms with Crippen LogP contribution in [0.1, 0.15) is 97.1 Å². The number of likely N-dealkylation sites (tertiary alicyclic amines) is 2. The van der Waals surface area contributed by atoms with Crippen molar-refractivity contribution >= 4 is 120 Å². The molecule has 20 N–H and O–H groups in total. The van der Waals surface area contributed by atoms with E-state index in [1.54, 1.807) is 13.8 Å². The second-order valence-corrected chi connectivity index (χ2v) is 23.1. The smallest absolute Gasteiger partial charge is 0.326 e. The second kappa shape index (κ2) is 39.0. The van der Waals surface area contributed by atoms with Crippen molar-refractivity contribution in [2.24, 2.45) is 17.4 Å². The molecule has 0 aromatic carbocycles. The summed E-state index contributed by atoms with van der Waals surface area (Å²) in [6.07, 6.45) is -1.62. The van der Waals surface area contributed by atoms with Gasteiger partial charge in [-0.2, -0.15) is 25.3 Å². The van der Waals surface area contributed by atoms with E-state index in [1.807, 2.05) is 10.6 Å². The first kappa shape index (κ1) is 78.6. The highest BCUT2D eigenvalue weighted by Gasteiger charge is 2.42. The molecule has 2 aliphatic heterocycles. The van der Waals surface area contributed by atoms with E-state index in [9.17, 15) is 97.1 Å². The summed E-state index contributed by atoms with van der Waals surface area (Å²) in [5.74, 6) is -19.3. The van der Waals surface area contributed by atoms with Gasteiger partial charge >= 0.3 is 23.9 Å². The van der Waals surface area contributed by atoms with E-state index in [1.165, 1.54) is 17.4 Å². The number of carboxylic acids is 4. The van der Waals surface area contributed by atoms with Gasteiger partial charge in [-0.25, -0.2) is 9.78 Å². The fourth-order valence-electron chi connectivity index (χ4n) is 9.72. The lowest BCUT2D eigenvalue weighted by atomic mass is 10.0. The highest BCUT2D eigenvalue weighted by atomic mass is 32.1. The van der Waals surface area contributed by atoms with Crippen LogP contribution in [0.3, 0.4) is 0 Å². The summed E-state index contributed by atoms with van der Waals surface area (Å²) in [6, 6.07) is -17.5. The van der Waals surface area contributed by atoms with Gasteiger partial charge in [-0.3, -0.25) is 71.9 Å². The molecule has 518 valence electrons. The number of aliphatic hydroxyl groups is 1. The number of hydrogen-bond acceptors (Lipinski definition) is 22. The second-order valence-electron chi connectivity index (χ2n) is 22.4. The normalized spacial score (nSPS) is 17.6. The number of H-pyrrole nitrogens is 1. The number of aliphatic carboxylic acids is 4. The molecule has 37 nitrogen and oxygen atoms in total. The summed E-state index contributed by atoms with van der Waals surface area (Å²) < 4.78 is 0. The van der Waals surface area contributed by atoms with Crippen LogP contribution in [0.2, 0.25) is 0 Å². The summed E-state index contributed by atoms with van der Waals surface area (Å²) in [5, 5.41) is 71.7. The van der Waals surface area contributed by atoms with Crippen molar-refractivity contribution in [3.05, 3.63) is 18.2 Å². The van der Waals surface area contributed by atoms with Crippen molar-refractivity contribution in [1.82, 2.24) is 72.9 Å². The molecule has 93 heavy (non-hydrogen) atoms. The summed E-state index contributed by atoms with van der Waals surface area (Å²) in [7, 11) is 0. The molecule has 12 atom stereocenters. The Bertz CT molecular complexity index is 2850. The van der Waals surface area contributed by atoms with E-state index < -0.39 is 205 Å². The van der Waals surface area contributed by atoms with E-state index in [0.717, 1.165) is 11.8 Å². The molecule has 2 saturated heterocycles. The lowest BCUT2D eigenvalue weighted by Gasteiger charge is -2.31. The van der Waals surface area contributed by atoms with Gasteiger partial charge in [-0.05, 0) is 70.8 Å². The minimum absolute atomic E-state index is 0.00795. The zero-order chi connectivity index (χ0) is 69.8. The number of imidazole rings is 1. The molecular formula is C54H84N16O21S2. The molecule has 3 heterocycles. The fourth-order valence-corrected chi connectivity index (χ4v) is 10.1. The predicted octanol–water partition coefficient (Wildman–Crippen LogP) is -7.70. The quantitative estimate of drug-likeness (QED) is 0.0214. The van der Waals surface area contributed by atoms with Crippen LogP contribution in [-0.2, 0) is 83.1 Å². The van der Waals surface area contributed by atoms with E-state index in [-0.39, 0.29) is 81.9 Å². The van der Waals surface area contributed by atoms with Crippen LogP contribution in [0.25, 0.3) is 0 Å². The van der Waals surface area contributed by atoms with Gasteiger partial charge in [0.1, 0.15) is 60.4 Å². The monoisotopic (exact) mass is 1360 g/mol. The minimum atomic E-state index is -2.04. The molecule has 2 fully saturated rings. The Hall–Kier alpha value is -8.69. The summed E-state index contributed by atoms with van der Waals surface area (Å²) >= 11 is 7.97. The third kappa shape index (κ3) is 26.1. The number of thiol groups is 2. The van der Waals surface area contributed by atoms with Gasteiger partial charge in [-0.15, -0.1) is 0 Å². The Morgan fingerprint density at radius 1 is 0.591 bits per heavy atom. The van der Waals surface area contributed by atoms with E-state index >= 15 is 0 Å². The lowest BCUT2D eigenvalue weighted by Crippen LogP contribution is -2.62. The van der Waals surface area contributed by atoms with Crippen molar-refractivity contribution in [3.8, 4) is 0 Å². The van der Waals surface area contributed by atoms with Gasteiger partial charge in [0.15, 0.2) is 0 Å². The van der Waals surface area contributed by atoms with Crippen LogP contribution in [0.5, 0.6) is 0 Å². The van der Waals surface area contributed by atoms with Gasteiger partial charge in [-0.1, -0.05) is 13.8 Å². The molecule has 12 amide bonds. The summed E-state index contributed by atoms with van der Waals surface area (Å²) in [5.41, 5.74) is 11.6. The Labute approximate surface area is 543 Å². The van der Waals surface area contributed by atoms with Gasteiger partial charge < -0.3 is 105 Å². The van der Waals surface area contributed by atoms with Crippen LogP contribution in [-0.4, -0.2) is 257 Å². The van der Waals surface area contributed by atoms with Crippen LogP contribution in [0.4, 0.5) is 0 Å². The average Bonchev–Trinajstić information content (AvgIpc) is 1.85. The SMILES string of the molecule is CC(C)C[C@H](NC(=O)[C@@H]1CCCN1C(=O)[C@H](Cc1cnc[nH]1)NC(=O)[C@H](CC(=O)O)NC(=O)[C@H](CCCCN)NC(=O)[C@@H]1CCCN1C(=O)CNC(=O)CNC(=O)[C@@H](N)CS)C(=O)N[C@H](C(=O)N[C@@H](CS)C(=O)N[C@@H](CC(=O)O)C(=O)N[C@@H](CC(=O)O)C(=O)O)[C@@H](C)O. The molecule has 1 aromatic rings. The average molecular weight is 1360 g/mol. The molecule has 2 aliphatic rings. The number of aromatic amines is 1. The zero-order valence-corrected chi connectivity index (χ0v) is 53.0. The van der Waals surface area contributed by atoms with Crippen molar-refractivity contribution in [2.75, 3.05) is 44.2 Å². The highest BCUT2D eigenvalue weighted by Crippen LogP contribution is 2.22. The Morgan fingerprint density at radius 3 is 1.59 bits per heavy atom. The largest absolute Gasteiger partial charge is 0.481 e. The first-order valence-corrected chi connectivity index (χ1v) is 30.9. The van der Waals surface area contributed by atoms with Crippen molar-refractivity contribution < 1.29 is 102 Å². The van der Waals surface area contributed by atoms with Crippen molar-refractivity contribution in [2.45, 2.75) is 170 Å². The number of unbranched alkanes of at least 4 members (excludes halogenated alkanes) is 1. The first-order valence-electron chi connectivity index (χ1n) is 29.6. The maximum Gasteiger partial charge on any atom is 0.326 e. The Kier molecular flexibility index (Phi) is 32.9. The maximum absolute atomic E-state index is 14.7. The van der Waals surface area contributed by atoms with E-state index in [2.05, 4.69) is 77.8 Å². The van der Waals surface area contributed by atoms with Crippen molar-refractivity contribution in [3.63, 3.8) is 0 Å². The number of nitrogens with one attached hydrogen (secondary N) is 11. The molecule has 1 aromatic heterocycles. The molecule has 0 spiro atoms. The number of amides is 12.